The Morgan fingerprint density at radius 3 is 2.67 bits per heavy atom. The van der Waals surface area contributed by atoms with Crippen molar-refractivity contribution < 1.29 is 4.79 Å². The summed E-state index contributed by atoms with van der Waals surface area (Å²) >= 11 is 1.71. The molecule has 1 amide bonds. The number of nitrogens with one attached hydrogen (secondary N) is 1. The SMILES string of the molecule is CCC1NC(C(C)C)C(=O)N1Cc1cscc1C. The van der Waals surface area contributed by atoms with Gasteiger partial charge in [0.05, 0.1) is 12.2 Å². The summed E-state index contributed by atoms with van der Waals surface area (Å²) in [4.78, 5) is 14.4. The lowest BCUT2D eigenvalue weighted by molar-refractivity contribution is -0.131. The fourth-order valence-electron chi connectivity index (χ4n) is 2.44. The number of nitrogens with zero attached hydrogens (tertiary/aromatic N) is 1. The van der Waals surface area contributed by atoms with Gasteiger partial charge in [0.2, 0.25) is 5.91 Å². The van der Waals surface area contributed by atoms with E-state index in [1.54, 1.807) is 11.3 Å². The van der Waals surface area contributed by atoms with E-state index in [9.17, 15) is 4.79 Å². The van der Waals surface area contributed by atoms with Gasteiger partial charge in [0.15, 0.2) is 0 Å². The average molecular weight is 266 g/mol. The van der Waals surface area contributed by atoms with Crippen LogP contribution in [0.3, 0.4) is 0 Å². The maximum atomic E-state index is 12.4. The Labute approximate surface area is 113 Å². The standard InChI is InChI=1S/C14H22N2OS/c1-5-12-15-13(9(2)3)14(17)16(12)6-11-8-18-7-10(11)4/h7-9,12-13,15H,5-6H2,1-4H3. The van der Waals surface area contributed by atoms with E-state index in [2.05, 4.69) is 43.8 Å². The molecule has 2 heterocycles. The third-order valence-corrected chi connectivity index (χ3v) is 4.56. The number of amides is 1. The van der Waals surface area contributed by atoms with E-state index in [1.165, 1.54) is 11.1 Å². The molecule has 1 fully saturated rings. The minimum absolute atomic E-state index is 0.0195. The quantitative estimate of drug-likeness (QED) is 0.909. The van der Waals surface area contributed by atoms with E-state index in [0.717, 1.165) is 13.0 Å². The first kappa shape index (κ1) is 13.6. The smallest absolute Gasteiger partial charge is 0.241 e. The van der Waals surface area contributed by atoms with E-state index in [-0.39, 0.29) is 18.1 Å². The highest BCUT2D eigenvalue weighted by atomic mass is 32.1. The molecule has 1 aromatic rings. The highest BCUT2D eigenvalue weighted by Crippen LogP contribution is 2.23. The normalized spacial score (nSPS) is 24.3. The van der Waals surface area contributed by atoms with Gasteiger partial charge in [0, 0.05) is 6.54 Å². The molecule has 3 nitrogen and oxygen atoms in total. The van der Waals surface area contributed by atoms with E-state index in [0.29, 0.717) is 5.92 Å². The van der Waals surface area contributed by atoms with Crippen LogP contribution in [-0.4, -0.2) is 23.0 Å². The molecular formula is C14H22N2OS. The third kappa shape index (κ3) is 2.45. The van der Waals surface area contributed by atoms with Crippen molar-refractivity contribution in [2.75, 3.05) is 0 Å². The molecule has 2 unspecified atom stereocenters. The van der Waals surface area contributed by atoms with Crippen LogP contribution >= 0.6 is 11.3 Å². The van der Waals surface area contributed by atoms with Gasteiger partial charge in [0.1, 0.15) is 0 Å². The van der Waals surface area contributed by atoms with E-state index in [4.69, 9.17) is 0 Å². The van der Waals surface area contributed by atoms with Gasteiger partial charge in [-0.2, -0.15) is 11.3 Å². The van der Waals surface area contributed by atoms with Crippen LogP contribution in [0.4, 0.5) is 0 Å². The molecule has 1 aliphatic heterocycles. The first-order valence-corrected chi connectivity index (χ1v) is 7.57. The minimum atomic E-state index is -0.0195. The van der Waals surface area contributed by atoms with Crippen molar-refractivity contribution in [1.29, 1.82) is 0 Å². The number of carbonyl (C=O) groups is 1. The van der Waals surface area contributed by atoms with Crippen molar-refractivity contribution in [1.82, 2.24) is 10.2 Å². The first-order chi connectivity index (χ1) is 8.54. The molecule has 0 saturated carbocycles. The largest absolute Gasteiger partial charge is 0.321 e. The molecule has 1 N–H and O–H groups in total. The van der Waals surface area contributed by atoms with Gasteiger partial charge >= 0.3 is 0 Å². The summed E-state index contributed by atoms with van der Waals surface area (Å²) in [6, 6.07) is -0.0195. The zero-order valence-electron chi connectivity index (χ0n) is 11.6. The molecular weight excluding hydrogens is 244 g/mol. The van der Waals surface area contributed by atoms with Gasteiger partial charge in [0.25, 0.3) is 0 Å². The molecule has 0 spiro atoms. The van der Waals surface area contributed by atoms with Gasteiger partial charge in [-0.25, -0.2) is 0 Å². The number of thiophene rings is 1. The zero-order chi connectivity index (χ0) is 13.3. The van der Waals surface area contributed by atoms with E-state index < -0.39 is 0 Å². The Morgan fingerprint density at radius 2 is 2.17 bits per heavy atom. The van der Waals surface area contributed by atoms with Crippen LogP contribution in [0, 0.1) is 12.8 Å². The fourth-order valence-corrected chi connectivity index (χ4v) is 3.29. The molecule has 1 saturated heterocycles. The van der Waals surface area contributed by atoms with Crippen LogP contribution in [0.25, 0.3) is 0 Å². The summed E-state index contributed by atoms with van der Waals surface area (Å²) in [5.41, 5.74) is 2.56. The first-order valence-electron chi connectivity index (χ1n) is 6.62. The van der Waals surface area contributed by atoms with Gasteiger partial charge < -0.3 is 4.90 Å². The van der Waals surface area contributed by atoms with Crippen molar-refractivity contribution in [3.05, 3.63) is 21.9 Å². The monoisotopic (exact) mass is 266 g/mol. The van der Waals surface area contributed by atoms with Crippen molar-refractivity contribution in [3.8, 4) is 0 Å². The number of carbonyl (C=O) groups excluding carboxylic acids is 1. The Balaban J connectivity index is 2.15. The Kier molecular flexibility index (Phi) is 4.07. The summed E-state index contributed by atoms with van der Waals surface area (Å²) in [5, 5.41) is 7.75. The Morgan fingerprint density at radius 1 is 1.44 bits per heavy atom. The van der Waals surface area contributed by atoms with Crippen LogP contribution in [0.5, 0.6) is 0 Å². The van der Waals surface area contributed by atoms with Crippen LogP contribution in [-0.2, 0) is 11.3 Å². The predicted molar refractivity (Wildman–Crippen MR) is 75.4 cm³/mol. The Bertz CT molecular complexity index is 427. The Hall–Kier alpha value is -0.870. The summed E-state index contributed by atoms with van der Waals surface area (Å²) in [7, 11) is 0. The summed E-state index contributed by atoms with van der Waals surface area (Å²) in [5.74, 6) is 0.600. The van der Waals surface area contributed by atoms with Gasteiger partial charge in [-0.1, -0.05) is 20.8 Å². The van der Waals surface area contributed by atoms with Gasteiger partial charge in [-0.05, 0) is 41.1 Å². The molecule has 0 radical (unpaired) electrons. The molecule has 100 valence electrons. The van der Waals surface area contributed by atoms with Crippen LogP contribution in [0.2, 0.25) is 0 Å². The van der Waals surface area contributed by atoms with Gasteiger partial charge in [-0.3, -0.25) is 10.1 Å². The van der Waals surface area contributed by atoms with Crippen molar-refractivity contribution in [2.24, 2.45) is 5.92 Å². The van der Waals surface area contributed by atoms with Crippen molar-refractivity contribution >= 4 is 17.2 Å². The van der Waals surface area contributed by atoms with E-state index in [1.807, 2.05) is 4.90 Å². The fraction of sp³-hybridized carbons (Fsp3) is 0.643. The highest BCUT2D eigenvalue weighted by molar-refractivity contribution is 7.08. The molecule has 0 aromatic carbocycles. The van der Waals surface area contributed by atoms with Gasteiger partial charge in [-0.15, -0.1) is 0 Å². The van der Waals surface area contributed by atoms with Crippen molar-refractivity contribution in [2.45, 2.75) is 52.9 Å². The van der Waals surface area contributed by atoms with Crippen LogP contribution < -0.4 is 5.32 Å². The zero-order valence-corrected chi connectivity index (χ0v) is 12.4. The molecule has 0 bridgehead atoms. The molecule has 1 aromatic heterocycles. The summed E-state index contributed by atoms with van der Waals surface area (Å²) in [6.45, 7) is 9.17. The minimum Gasteiger partial charge on any atom is -0.321 e. The number of aryl methyl sites for hydroxylation is 1. The molecule has 18 heavy (non-hydrogen) atoms. The predicted octanol–water partition coefficient (Wildman–Crippen LogP) is 2.75. The lowest BCUT2D eigenvalue weighted by atomic mass is 10.0. The lowest BCUT2D eigenvalue weighted by Crippen LogP contribution is -2.36. The summed E-state index contributed by atoms with van der Waals surface area (Å²) < 4.78 is 0. The third-order valence-electron chi connectivity index (χ3n) is 3.65. The number of hydrogen-bond donors (Lipinski definition) is 1. The maximum absolute atomic E-state index is 12.4. The second-order valence-electron chi connectivity index (χ2n) is 5.36. The highest BCUT2D eigenvalue weighted by Gasteiger charge is 2.39. The van der Waals surface area contributed by atoms with Crippen molar-refractivity contribution in [3.63, 3.8) is 0 Å². The van der Waals surface area contributed by atoms with Crippen LogP contribution in [0.15, 0.2) is 10.8 Å². The average Bonchev–Trinajstić information content (AvgIpc) is 2.86. The van der Waals surface area contributed by atoms with E-state index >= 15 is 0 Å². The second-order valence-corrected chi connectivity index (χ2v) is 6.10. The number of hydrogen-bond acceptors (Lipinski definition) is 3. The molecule has 2 atom stereocenters. The molecule has 0 aliphatic carbocycles. The lowest BCUT2D eigenvalue weighted by Gasteiger charge is -2.23. The second kappa shape index (κ2) is 5.41. The topological polar surface area (TPSA) is 32.3 Å². The number of rotatable bonds is 4. The molecule has 4 heteroatoms. The molecule has 1 aliphatic rings. The maximum Gasteiger partial charge on any atom is 0.241 e. The summed E-state index contributed by atoms with van der Waals surface area (Å²) in [6.07, 6.45) is 1.14. The van der Waals surface area contributed by atoms with Crippen LogP contribution in [0.1, 0.15) is 38.3 Å². The molecule has 2 rings (SSSR count).